The lowest BCUT2D eigenvalue weighted by Gasteiger charge is -2.14. The van der Waals surface area contributed by atoms with Crippen LogP contribution in [-0.4, -0.2) is 4.92 Å². The first-order valence-corrected chi connectivity index (χ1v) is 6.66. The molecule has 104 valence electrons. The normalized spacial score (nSPS) is 12.1. The molecule has 1 N–H and O–H groups in total. The van der Waals surface area contributed by atoms with Gasteiger partial charge in [-0.25, -0.2) is 0 Å². The van der Waals surface area contributed by atoms with E-state index < -0.39 is 4.92 Å². The van der Waals surface area contributed by atoms with Crippen LogP contribution < -0.4 is 5.32 Å². The maximum Gasteiger partial charge on any atom is 0.269 e. The Balaban J connectivity index is 1.96. The highest BCUT2D eigenvalue weighted by atomic mass is 35.5. The quantitative estimate of drug-likeness (QED) is 0.666. The summed E-state index contributed by atoms with van der Waals surface area (Å²) in [6.45, 7) is 2.70. The molecule has 0 spiro atoms. The third-order valence-electron chi connectivity index (χ3n) is 3.11. The van der Waals surface area contributed by atoms with Crippen LogP contribution in [0.25, 0.3) is 0 Å². The SMILES string of the molecule is C[C@@H](NCc1ccc([N+](=O)[O-])cc1)c1cccc(Cl)c1. The third kappa shape index (κ3) is 3.79. The van der Waals surface area contributed by atoms with Gasteiger partial charge < -0.3 is 5.32 Å². The Morgan fingerprint density at radius 1 is 1.25 bits per heavy atom. The molecule has 0 unspecified atom stereocenters. The highest BCUT2D eigenvalue weighted by molar-refractivity contribution is 6.30. The Morgan fingerprint density at radius 2 is 1.95 bits per heavy atom. The van der Waals surface area contributed by atoms with Gasteiger partial charge in [0.25, 0.3) is 5.69 Å². The minimum Gasteiger partial charge on any atom is -0.306 e. The highest BCUT2D eigenvalue weighted by Gasteiger charge is 2.07. The third-order valence-corrected chi connectivity index (χ3v) is 3.34. The fourth-order valence-corrected chi connectivity index (χ4v) is 2.10. The molecule has 2 rings (SSSR count). The molecule has 4 nitrogen and oxygen atoms in total. The van der Waals surface area contributed by atoms with E-state index in [-0.39, 0.29) is 11.7 Å². The summed E-state index contributed by atoms with van der Waals surface area (Å²) >= 11 is 5.96. The first kappa shape index (κ1) is 14.5. The second-order valence-corrected chi connectivity index (χ2v) is 5.02. The average Bonchev–Trinajstić information content (AvgIpc) is 2.45. The molecule has 1 atom stereocenters. The number of nitrogens with zero attached hydrogens (tertiary/aromatic N) is 1. The van der Waals surface area contributed by atoms with Crippen LogP contribution >= 0.6 is 11.6 Å². The van der Waals surface area contributed by atoms with Crippen LogP contribution in [0.3, 0.4) is 0 Å². The van der Waals surface area contributed by atoms with Gasteiger partial charge in [0.1, 0.15) is 0 Å². The molecular weight excluding hydrogens is 276 g/mol. The minimum atomic E-state index is -0.397. The summed E-state index contributed by atoms with van der Waals surface area (Å²) in [7, 11) is 0. The molecule has 0 aliphatic heterocycles. The number of rotatable bonds is 5. The monoisotopic (exact) mass is 290 g/mol. The van der Waals surface area contributed by atoms with Crippen molar-refractivity contribution in [2.75, 3.05) is 0 Å². The van der Waals surface area contributed by atoms with Crippen molar-refractivity contribution in [2.45, 2.75) is 19.5 Å². The van der Waals surface area contributed by atoms with Gasteiger partial charge in [0.15, 0.2) is 0 Å². The van der Waals surface area contributed by atoms with Crippen molar-refractivity contribution in [3.63, 3.8) is 0 Å². The van der Waals surface area contributed by atoms with E-state index in [1.807, 2.05) is 24.3 Å². The summed E-state index contributed by atoms with van der Waals surface area (Å²) in [5.74, 6) is 0. The van der Waals surface area contributed by atoms with Crippen LogP contribution in [0.4, 0.5) is 5.69 Å². The second kappa shape index (κ2) is 6.50. The Morgan fingerprint density at radius 3 is 2.55 bits per heavy atom. The van der Waals surface area contributed by atoms with Gasteiger partial charge in [0.05, 0.1) is 4.92 Å². The Labute approximate surface area is 122 Å². The second-order valence-electron chi connectivity index (χ2n) is 4.58. The first-order valence-electron chi connectivity index (χ1n) is 6.28. The summed E-state index contributed by atoms with van der Waals surface area (Å²) < 4.78 is 0. The van der Waals surface area contributed by atoms with E-state index in [9.17, 15) is 10.1 Å². The molecule has 0 bridgehead atoms. The van der Waals surface area contributed by atoms with E-state index in [0.29, 0.717) is 11.6 Å². The lowest BCUT2D eigenvalue weighted by Crippen LogP contribution is -2.18. The average molecular weight is 291 g/mol. The van der Waals surface area contributed by atoms with Crippen molar-refractivity contribution >= 4 is 17.3 Å². The molecule has 5 heteroatoms. The van der Waals surface area contributed by atoms with Crippen LogP contribution in [-0.2, 0) is 6.54 Å². The fourth-order valence-electron chi connectivity index (χ4n) is 1.90. The van der Waals surface area contributed by atoms with E-state index in [4.69, 9.17) is 11.6 Å². The maximum atomic E-state index is 10.6. The van der Waals surface area contributed by atoms with Crippen molar-refractivity contribution in [1.29, 1.82) is 0 Å². The lowest BCUT2D eigenvalue weighted by molar-refractivity contribution is -0.384. The Bertz CT molecular complexity index is 599. The largest absolute Gasteiger partial charge is 0.306 e. The molecule has 0 fully saturated rings. The smallest absolute Gasteiger partial charge is 0.269 e. The lowest BCUT2D eigenvalue weighted by atomic mass is 10.1. The molecule has 0 aromatic heterocycles. The molecule has 0 saturated heterocycles. The number of nitro benzene ring substituents is 1. The zero-order valence-electron chi connectivity index (χ0n) is 11.0. The van der Waals surface area contributed by atoms with Crippen molar-refractivity contribution in [3.05, 3.63) is 74.8 Å². The summed E-state index contributed by atoms with van der Waals surface area (Å²) in [5, 5.41) is 14.6. The number of benzene rings is 2. The molecule has 0 amide bonds. The van der Waals surface area contributed by atoms with E-state index in [0.717, 1.165) is 11.1 Å². The van der Waals surface area contributed by atoms with Gasteiger partial charge in [-0.15, -0.1) is 0 Å². The zero-order chi connectivity index (χ0) is 14.5. The van der Waals surface area contributed by atoms with Gasteiger partial charge in [-0.05, 0) is 30.2 Å². The number of hydrogen-bond acceptors (Lipinski definition) is 3. The van der Waals surface area contributed by atoms with Crippen LogP contribution in [0.5, 0.6) is 0 Å². The zero-order valence-corrected chi connectivity index (χ0v) is 11.8. The predicted molar refractivity (Wildman–Crippen MR) is 79.8 cm³/mol. The van der Waals surface area contributed by atoms with Crippen LogP contribution in [0.2, 0.25) is 5.02 Å². The van der Waals surface area contributed by atoms with Crippen molar-refractivity contribution in [1.82, 2.24) is 5.32 Å². The highest BCUT2D eigenvalue weighted by Crippen LogP contribution is 2.18. The summed E-state index contributed by atoms with van der Waals surface area (Å²) in [6.07, 6.45) is 0. The number of nitro groups is 1. The van der Waals surface area contributed by atoms with Crippen molar-refractivity contribution in [3.8, 4) is 0 Å². The number of nitrogens with one attached hydrogen (secondary N) is 1. The standard InChI is InChI=1S/C15H15ClN2O2/c1-11(13-3-2-4-14(16)9-13)17-10-12-5-7-15(8-6-12)18(19)20/h2-9,11,17H,10H2,1H3/t11-/m1/s1. The van der Waals surface area contributed by atoms with Gasteiger partial charge >= 0.3 is 0 Å². The molecule has 20 heavy (non-hydrogen) atoms. The Kier molecular flexibility index (Phi) is 4.71. The first-order chi connectivity index (χ1) is 9.56. The van der Waals surface area contributed by atoms with Gasteiger partial charge in [-0.3, -0.25) is 10.1 Å². The molecule has 0 heterocycles. The van der Waals surface area contributed by atoms with Crippen molar-refractivity contribution < 1.29 is 4.92 Å². The van der Waals surface area contributed by atoms with Gasteiger partial charge in [0.2, 0.25) is 0 Å². The minimum absolute atomic E-state index is 0.108. The molecule has 0 saturated carbocycles. The Hall–Kier alpha value is -1.91. The topological polar surface area (TPSA) is 55.2 Å². The molecule has 0 radical (unpaired) electrons. The van der Waals surface area contributed by atoms with Crippen LogP contribution in [0.15, 0.2) is 48.5 Å². The fraction of sp³-hybridized carbons (Fsp3) is 0.200. The molecule has 2 aromatic carbocycles. The van der Waals surface area contributed by atoms with Gasteiger partial charge in [0, 0.05) is 29.7 Å². The number of non-ortho nitro benzene ring substituents is 1. The van der Waals surface area contributed by atoms with E-state index in [1.54, 1.807) is 12.1 Å². The van der Waals surface area contributed by atoms with Crippen LogP contribution in [0.1, 0.15) is 24.1 Å². The van der Waals surface area contributed by atoms with Gasteiger partial charge in [-0.2, -0.15) is 0 Å². The molecule has 0 aliphatic carbocycles. The van der Waals surface area contributed by atoms with E-state index in [2.05, 4.69) is 12.2 Å². The van der Waals surface area contributed by atoms with E-state index >= 15 is 0 Å². The molecule has 2 aromatic rings. The van der Waals surface area contributed by atoms with Crippen LogP contribution in [0, 0.1) is 10.1 Å². The molecule has 0 aliphatic rings. The van der Waals surface area contributed by atoms with Crippen molar-refractivity contribution in [2.24, 2.45) is 0 Å². The number of hydrogen-bond donors (Lipinski definition) is 1. The summed E-state index contributed by atoms with van der Waals surface area (Å²) in [6, 6.07) is 14.4. The number of halogens is 1. The summed E-state index contributed by atoms with van der Waals surface area (Å²) in [4.78, 5) is 10.2. The van der Waals surface area contributed by atoms with E-state index in [1.165, 1.54) is 12.1 Å². The molecular formula is C15H15ClN2O2. The van der Waals surface area contributed by atoms with Gasteiger partial charge in [-0.1, -0.05) is 35.9 Å². The predicted octanol–water partition coefficient (Wildman–Crippen LogP) is 4.10. The maximum absolute atomic E-state index is 10.6. The summed E-state index contributed by atoms with van der Waals surface area (Å²) in [5.41, 5.74) is 2.22.